The molecule has 0 amide bonds. The molecule has 0 bridgehead atoms. The van der Waals surface area contributed by atoms with Gasteiger partial charge in [-0.05, 0) is 73.8 Å². The van der Waals surface area contributed by atoms with Gasteiger partial charge in [0.1, 0.15) is 0 Å². The number of carboxylic acids is 1. The molecule has 32 heavy (non-hydrogen) atoms. The van der Waals surface area contributed by atoms with Crippen molar-refractivity contribution >= 4 is 12.0 Å². The van der Waals surface area contributed by atoms with E-state index < -0.39 is 23.8 Å². The monoisotopic (exact) mass is 454 g/mol. The van der Waals surface area contributed by atoms with Crippen LogP contribution in [0.3, 0.4) is 0 Å². The number of halogens is 3. The van der Waals surface area contributed by atoms with Gasteiger partial charge < -0.3 is 15.3 Å². The first-order valence-corrected chi connectivity index (χ1v) is 11.3. The second kappa shape index (κ2) is 12.8. The fourth-order valence-electron chi connectivity index (χ4n) is 4.46. The van der Waals surface area contributed by atoms with E-state index in [1.807, 2.05) is 0 Å². The van der Waals surface area contributed by atoms with Crippen molar-refractivity contribution in [3.63, 3.8) is 0 Å². The van der Waals surface area contributed by atoms with Gasteiger partial charge in [0.2, 0.25) is 0 Å². The Hall–Kier alpha value is -2.08. The molecule has 4 nitrogen and oxygen atoms in total. The molecule has 0 spiro atoms. The van der Waals surface area contributed by atoms with Gasteiger partial charge in [0, 0.05) is 6.42 Å². The minimum Gasteiger partial charge on any atom is -0.481 e. The van der Waals surface area contributed by atoms with Crippen LogP contribution in [0.15, 0.2) is 36.1 Å². The van der Waals surface area contributed by atoms with E-state index >= 15 is 0 Å². The summed E-state index contributed by atoms with van der Waals surface area (Å²) in [6, 6.07) is 4.92. The molecule has 1 fully saturated rings. The number of carboxylic acid groups (broad SMARTS) is 1. The molecular weight excluding hydrogens is 421 g/mol. The Kier molecular flexibility index (Phi) is 10.5. The van der Waals surface area contributed by atoms with Gasteiger partial charge in [0.25, 0.3) is 0 Å². The number of hydrogen-bond donors (Lipinski definition) is 3. The number of rotatable bonds is 12. The molecule has 0 aliphatic heterocycles. The molecule has 1 aromatic rings. The first-order valence-electron chi connectivity index (χ1n) is 11.3. The summed E-state index contributed by atoms with van der Waals surface area (Å²) < 4.78 is 38.3. The number of unbranched alkanes of at least 4 members (excludes halogenated alkanes) is 3. The number of aliphatic hydroxyl groups is 2. The Bertz CT molecular complexity index is 784. The average molecular weight is 455 g/mol. The number of carbonyl (C=O) groups is 1. The van der Waals surface area contributed by atoms with E-state index in [2.05, 4.69) is 5.73 Å². The third kappa shape index (κ3) is 9.19. The van der Waals surface area contributed by atoms with Crippen molar-refractivity contribution < 1.29 is 33.3 Å². The van der Waals surface area contributed by atoms with Crippen LogP contribution in [0.2, 0.25) is 0 Å². The zero-order valence-corrected chi connectivity index (χ0v) is 18.2. The van der Waals surface area contributed by atoms with Crippen molar-refractivity contribution in [3.8, 4) is 0 Å². The summed E-state index contributed by atoms with van der Waals surface area (Å²) in [7, 11) is 0. The molecule has 7 heteroatoms. The summed E-state index contributed by atoms with van der Waals surface area (Å²) in [5.41, 5.74) is 2.40. The highest BCUT2D eigenvalue weighted by Crippen LogP contribution is 2.39. The SMILES string of the molecule is O=C(O)CCCCCCC1CC[C@@H](O)[C@@H]1CCC(O)C=C=Cc1cccc(C(F)(F)F)c1. The van der Waals surface area contributed by atoms with Crippen molar-refractivity contribution in [1.29, 1.82) is 0 Å². The zero-order chi connectivity index (χ0) is 23.6. The van der Waals surface area contributed by atoms with E-state index in [-0.39, 0.29) is 18.4 Å². The molecular formula is C25H33F3O4. The van der Waals surface area contributed by atoms with E-state index in [1.165, 1.54) is 18.2 Å². The molecule has 0 heterocycles. The van der Waals surface area contributed by atoms with E-state index in [0.717, 1.165) is 50.7 Å². The minimum absolute atomic E-state index is 0.129. The third-order valence-corrected chi connectivity index (χ3v) is 6.20. The summed E-state index contributed by atoms with van der Waals surface area (Å²) in [6.07, 6.45) is 4.95. The minimum atomic E-state index is -4.40. The molecule has 2 unspecified atom stereocenters. The lowest BCUT2D eigenvalue weighted by atomic mass is 9.85. The van der Waals surface area contributed by atoms with Gasteiger partial charge in [0.15, 0.2) is 0 Å². The van der Waals surface area contributed by atoms with E-state index in [4.69, 9.17) is 5.11 Å². The summed E-state index contributed by atoms with van der Waals surface area (Å²) in [4.78, 5) is 10.5. The van der Waals surface area contributed by atoms with Crippen LogP contribution in [0.25, 0.3) is 6.08 Å². The number of benzene rings is 1. The van der Waals surface area contributed by atoms with Gasteiger partial charge in [-0.15, -0.1) is 5.73 Å². The van der Waals surface area contributed by atoms with Crippen LogP contribution < -0.4 is 0 Å². The predicted octanol–water partition coefficient (Wildman–Crippen LogP) is 5.83. The smallest absolute Gasteiger partial charge is 0.416 e. The summed E-state index contributed by atoms with van der Waals surface area (Å²) >= 11 is 0. The van der Waals surface area contributed by atoms with E-state index in [0.29, 0.717) is 30.7 Å². The largest absolute Gasteiger partial charge is 0.481 e. The molecule has 1 saturated carbocycles. The topological polar surface area (TPSA) is 77.8 Å². The van der Waals surface area contributed by atoms with Crippen LogP contribution in [0.4, 0.5) is 13.2 Å². The van der Waals surface area contributed by atoms with Gasteiger partial charge in [-0.2, -0.15) is 13.2 Å². The molecule has 3 N–H and O–H groups in total. The Balaban J connectivity index is 1.78. The van der Waals surface area contributed by atoms with Gasteiger partial charge in [-0.1, -0.05) is 37.8 Å². The first-order chi connectivity index (χ1) is 15.2. The maximum atomic E-state index is 12.8. The Labute approximate surface area is 187 Å². The van der Waals surface area contributed by atoms with Crippen molar-refractivity contribution in [2.75, 3.05) is 0 Å². The van der Waals surface area contributed by atoms with Crippen molar-refractivity contribution in [3.05, 3.63) is 47.2 Å². The maximum Gasteiger partial charge on any atom is 0.416 e. The van der Waals surface area contributed by atoms with Crippen LogP contribution in [0, 0.1) is 11.8 Å². The molecule has 1 aliphatic carbocycles. The van der Waals surface area contributed by atoms with Crippen molar-refractivity contribution in [2.24, 2.45) is 11.8 Å². The molecule has 1 aliphatic rings. The van der Waals surface area contributed by atoms with Crippen LogP contribution in [0.5, 0.6) is 0 Å². The number of hydrogen-bond acceptors (Lipinski definition) is 3. The highest BCUT2D eigenvalue weighted by molar-refractivity contribution is 5.66. The fraction of sp³-hybridized carbons (Fsp3) is 0.600. The highest BCUT2D eigenvalue weighted by atomic mass is 19.4. The maximum absolute atomic E-state index is 12.8. The molecule has 0 aromatic heterocycles. The van der Waals surface area contributed by atoms with Crippen LogP contribution in [0.1, 0.15) is 75.3 Å². The Morgan fingerprint density at radius 2 is 1.91 bits per heavy atom. The average Bonchev–Trinajstić information content (AvgIpc) is 3.08. The lowest BCUT2D eigenvalue weighted by Gasteiger charge is -2.22. The van der Waals surface area contributed by atoms with Crippen LogP contribution in [-0.4, -0.2) is 33.5 Å². The summed E-state index contributed by atoms with van der Waals surface area (Å²) in [6.45, 7) is 0. The quantitative estimate of drug-likeness (QED) is 0.274. The molecule has 0 saturated heterocycles. The highest BCUT2D eigenvalue weighted by Gasteiger charge is 2.34. The Morgan fingerprint density at radius 1 is 1.16 bits per heavy atom. The zero-order valence-electron chi connectivity index (χ0n) is 18.2. The fourth-order valence-corrected chi connectivity index (χ4v) is 4.46. The van der Waals surface area contributed by atoms with Crippen molar-refractivity contribution in [1.82, 2.24) is 0 Å². The first kappa shape index (κ1) is 26.2. The molecule has 2 rings (SSSR count). The number of aliphatic carboxylic acids is 1. The van der Waals surface area contributed by atoms with E-state index in [9.17, 15) is 28.2 Å². The molecule has 1 aromatic carbocycles. The second-order valence-corrected chi connectivity index (χ2v) is 8.66. The lowest BCUT2D eigenvalue weighted by Crippen LogP contribution is -2.21. The summed E-state index contributed by atoms with van der Waals surface area (Å²) in [5, 5.41) is 29.2. The second-order valence-electron chi connectivity index (χ2n) is 8.66. The lowest BCUT2D eigenvalue weighted by molar-refractivity contribution is -0.138. The van der Waals surface area contributed by atoms with Gasteiger partial charge in [-0.25, -0.2) is 0 Å². The number of alkyl halides is 3. The molecule has 4 atom stereocenters. The van der Waals surface area contributed by atoms with Gasteiger partial charge >= 0.3 is 12.1 Å². The van der Waals surface area contributed by atoms with Crippen molar-refractivity contribution in [2.45, 2.75) is 82.6 Å². The number of aliphatic hydroxyl groups excluding tert-OH is 2. The predicted molar refractivity (Wildman–Crippen MR) is 117 cm³/mol. The molecule has 178 valence electrons. The third-order valence-electron chi connectivity index (χ3n) is 6.20. The standard InChI is InChI=1S/C25H33F3O4/c26-25(27,28)20-10-5-7-18(17-20)8-6-11-21(29)14-15-22-19(13-16-23(22)30)9-3-1-2-4-12-24(31)32/h5,7-8,10-11,17,19,21-23,29-30H,1-4,9,12-16H2,(H,31,32)/t6?,19?,21?,22-,23-/m1/s1. The van der Waals surface area contributed by atoms with Crippen LogP contribution >= 0.6 is 0 Å². The van der Waals surface area contributed by atoms with E-state index in [1.54, 1.807) is 6.07 Å². The normalized spacial score (nSPS) is 21.7. The summed E-state index contributed by atoms with van der Waals surface area (Å²) in [5.74, 6) is -0.230. The van der Waals surface area contributed by atoms with Gasteiger partial charge in [0.05, 0.1) is 17.8 Å². The van der Waals surface area contributed by atoms with Crippen LogP contribution in [-0.2, 0) is 11.0 Å². The molecule has 0 radical (unpaired) electrons. The Morgan fingerprint density at radius 3 is 2.62 bits per heavy atom. The van der Waals surface area contributed by atoms with Gasteiger partial charge in [-0.3, -0.25) is 4.79 Å².